The van der Waals surface area contributed by atoms with E-state index in [1.807, 2.05) is 5.51 Å². The van der Waals surface area contributed by atoms with Crippen LogP contribution >= 0.6 is 11.3 Å². The molecule has 116 valence electrons. The lowest BCUT2D eigenvalue weighted by atomic mass is 10.1. The molecule has 1 heterocycles. The molecule has 1 aromatic heterocycles. The van der Waals surface area contributed by atoms with E-state index in [2.05, 4.69) is 43.0 Å². The zero-order chi connectivity index (χ0) is 14.8. The molecule has 20 heavy (non-hydrogen) atoms. The summed E-state index contributed by atoms with van der Waals surface area (Å²) in [5.41, 5.74) is 3.14. The summed E-state index contributed by atoms with van der Waals surface area (Å²) in [5, 5.41) is 3.50. The van der Waals surface area contributed by atoms with Gasteiger partial charge in [0.15, 0.2) is 0 Å². The smallest absolute Gasteiger partial charge is 0.0798 e. The molecule has 0 aliphatic carbocycles. The number of unbranched alkanes of at least 4 members (excludes halogenated alkanes) is 3. The molecule has 4 heteroatoms. The van der Waals surface area contributed by atoms with E-state index in [4.69, 9.17) is 0 Å². The highest BCUT2D eigenvalue weighted by molar-refractivity contribution is 7.09. The van der Waals surface area contributed by atoms with Crippen LogP contribution in [0, 0.1) is 12.8 Å². The number of nitrogens with zero attached hydrogens (tertiary/aromatic N) is 2. The van der Waals surface area contributed by atoms with Crippen molar-refractivity contribution < 1.29 is 0 Å². The number of hydrogen-bond acceptors (Lipinski definition) is 4. The Hall–Kier alpha value is -0.450. The monoisotopic (exact) mass is 297 g/mol. The zero-order valence-corrected chi connectivity index (χ0v) is 14.4. The normalized spacial score (nSPS) is 11.7. The van der Waals surface area contributed by atoms with Crippen molar-refractivity contribution >= 4 is 11.3 Å². The lowest BCUT2D eigenvalue weighted by Crippen LogP contribution is -2.21. The predicted octanol–water partition coefficient (Wildman–Crippen LogP) is 3.69. The van der Waals surface area contributed by atoms with Crippen LogP contribution in [0.2, 0.25) is 0 Å². The van der Waals surface area contributed by atoms with Crippen molar-refractivity contribution in [2.24, 2.45) is 5.92 Å². The first-order valence-corrected chi connectivity index (χ1v) is 8.75. The molecule has 1 rings (SSSR count). The van der Waals surface area contributed by atoms with E-state index >= 15 is 0 Å². The Kier molecular flexibility index (Phi) is 9.07. The number of thiazole rings is 1. The SMILES string of the molecule is Cc1ncsc1CN(C)CCCCCCNCC(C)C. The summed E-state index contributed by atoms with van der Waals surface area (Å²) in [6.45, 7) is 11.2. The molecule has 0 aromatic carbocycles. The van der Waals surface area contributed by atoms with Crippen molar-refractivity contribution in [2.75, 3.05) is 26.7 Å². The Morgan fingerprint density at radius 1 is 1.25 bits per heavy atom. The van der Waals surface area contributed by atoms with Gasteiger partial charge in [-0.05, 0) is 52.4 Å². The fraction of sp³-hybridized carbons (Fsp3) is 0.812. The largest absolute Gasteiger partial charge is 0.316 e. The minimum absolute atomic E-state index is 0.763. The average Bonchev–Trinajstić information content (AvgIpc) is 2.78. The molecular weight excluding hydrogens is 266 g/mol. The molecule has 1 aromatic rings. The average molecular weight is 298 g/mol. The third-order valence-corrected chi connectivity index (χ3v) is 4.37. The number of aromatic nitrogens is 1. The second kappa shape index (κ2) is 10.3. The lowest BCUT2D eigenvalue weighted by molar-refractivity contribution is 0.318. The molecule has 0 aliphatic rings. The molecule has 0 amide bonds. The van der Waals surface area contributed by atoms with E-state index in [9.17, 15) is 0 Å². The highest BCUT2D eigenvalue weighted by atomic mass is 32.1. The van der Waals surface area contributed by atoms with E-state index in [0.29, 0.717) is 0 Å². The molecule has 0 radical (unpaired) electrons. The number of aryl methyl sites for hydroxylation is 1. The number of hydrogen-bond donors (Lipinski definition) is 1. The van der Waals surface area contributed by atoms with Gasteiger partial charge in [0.25, 0.3) is 0 Å². The van der Waals surface area contributed by atoms with Gasteiger partial charge in [0, 0.05) is 11.4 Å². The second-order valence-electron chi connectivity index (χ2n) is 6.11. The summed E-state index contributed by atoms with van der Waals surface area (Å²) >= 11 is 1.77. The summed E-state index contributed by atoms with van der Waals surface area (Å²) in [6, 6.07) is 0. The maximum Gasteiger partial charge on any atom is 0.0798 e. The van der Waals surface area contributed by atoms with Crippen LogP contribution < -0.4 is 5.32 Å². The van der Waals surface area contributed by atoms with E-state index in [1.165, 1.54) is 49.3 Å². The molecule has 0 spiro atoms. The van der Waals surface area contributed by atoms with Crippen LogP contribution in [-0.2, 0) is 6.54 Å². The maximum atomic E-state index is 4.31. The first-order valence-electron chi connectivity index (χ1n) is 7.87. The zero-order valence-electron chi connectivity index (χ0n) is 13.6. The molecule has 0 unspecified atom stereocenters. The molecule has 0 bridgehead atoms. The van der Waals surface area contributed by atoms with E-state index < -0.39 is 0 Å². The topological polar surface area (TPSA) is 28.2 Å². The maximum absolute atomic E-state index is 4.31. The summed E-state index contributed by atoms with van der Waals surface area (Å²) in [4.78, 5) is 8.13. The quantitative estimate of drug-likeness (QED) is 0.631. The van der Waals surface area contributed by atoms with Crippen LogP contribution in [0.15, 0.2) is 5.51 Å². The third kappa shape index (κ3) is 7.98. The molecule has 0 atom stereocenters. The van der Waals surface area contributed by atoms with Crippen LogP contribution in [0.3, 0.4) is 0 Å². The third-order valence-electron chi connectivity index (χ3n) is 3.45. The molecule has 3 nitrogen and oxygen atoms in total. The van der Waals surface area contributed by atoms with Gasteiger partial charge in [-0.3, -0.25) is 0 Å². The first-order chi connectivity index (χ1) is 9.59. The summed E-state index contributed by atoms with van der Waals surface area (Å²) in [5.74, 6) is 0.763. The van der Waals surface area contributed by atoms with Gasteiger partial charge in [-0.15, -0.1) is 11.3 Å². The number of nitrogens with one attached hydrogen (secondary N) is 1. The highest BCUT2D eigenvalue weighted by Gasteiger charge is 2.05. The summed E-state index contributed by atoms with van der Waals surface area (Å²) < 4.78 is 0. The standard InChI is InChI=1S/C16H31N3S/c1-14(2)11-17-9-7-5-6-8-10-19(4)12-16-15(3)18-13-20-16/h13-14,17H,5-12H2,1-4H3. The molecule has 1 N–H and O–H groups in total. The van der Waals surface area contributed by atoms with Crippen molar-refractivity contribution in [3.05, 3.63) is 16.1 Å². The van der Waals surface area contributed by atoms with Gasteiger partial charge in [-0.25, -0.2) is 4.98 Å². The fourth-order valence-corrected chi connectivity index (χ4v) is 3.03. The van der Waals surface area contributed by atoms with Crippen LogP contribution in [-0.4, -0.2) is 36.6 Å². The Bertz CT molecular complexity index is 349. The molecule has 0 saturated heterocycles. The number of rotatable bonds is 11. The van der Waals surface area contributed by atoms with Crippen LogP contribution in [0.1, 0.15) is 50.1 Å². The molecule has 0 aliphatic heterocycles. The minimum Gasteiger partial charge on any atom is -0.316 e. The van der Waals surface area contributed by atoms with Gasteiger partial charge in [-0.2, -0.15) is 0 Å². The fourth-order valence-electron chi connectivity index (χ4n) is 2.18. The summed E-state index contributed by atoms with van der Waals surface area (Å²) in [7, 11) is 2.21. The van der Waals surface area contributed by atoms with Crippen molar-refractivity contribution in [3.8, 4) is 0 Å². The van der Waals surface area contributed by atoms with Gasteiger partial charge >= 0.3 is 0 Å². The predicted molar refractivity (Wildman–Crippen MR) is 89.4 cm³/mol. The lowest BCUT2D eigenvalue weighted by Gasteiger charge is -2.15. The van der Waals surface area contributed by atoms with Crippen LogP contribution in [0.4, 0.5) is 0 Å². The minimum atomic E-state index is 0.763. The van der Waals surface area contributed by atoms with Gasteiger partial charge in [0.1, 0.15) is 0 Å². The van der Waals surface area contributed by atoms with E-state index in [0.717, 1.165) is 19.0 Å². The van der Waals surface area contributed by atoms with Gasteiger partial charge in [0.2, 0.25) is 0 Å². The Balaban J connectivity index is 1.94. The Labute approximate surface area is 128 Å². The molecule has 0 fully saturated rings. The van der Waals surface area contributed by atoms with Gasteiger partial charge in [-0.1, -0.05) is 26.7 Å². The van der Waals surface area contributed by atoms with Crippen molar-refractivity contribution in [2.45, 2.75) is 53.0 Å². The Morgan fingerprint density at radius 3 is 2.65 bits per heavy atom. The van der Waals surface area contributed by atoms with E-state index in [-0.39, 0.29) is 0 Å². The van der Waals surface area contributed by atoms with E-state index in [1.54, 1.807) is 11.3 Å². The van der Waals surface area contributed by atoms with Crippen molar-refractivity contribution in [1.29, 1.82) is 0 Å². The van der Waals surface area contributed by atoms with Crippen LogP contribution in [0.5, 0.6) is 0 Å². The van der Waals surface area contributed by atoms with Gasteiger partial charge < -0.3 is 10.2 Å². The molecule has 0 saturated carbocycles. The van der Waals surface area contributed by atoms with Crippen molar-refractivity contribution in [3.63, 3.8) is 0 Å². The molecular formula is C16H31N3S. The van der Waals surface area contributed by atoms with Crippen molar-refractivity contribution in [1.82, 2.24) is 15.2 Å². The van der Waals surface area contributed by atoms with Crippen LogP contribution in [0.25, 0.3) is 0 Å². The first kappa shape index (κ1) is 17.6. The van der Waals surface area contributed by atoms with Gasteiger partial charge in [0.05, 0.1) is 11.2 Å². The highest BCUT2D eigenvalue weighted by Crippen LogP contribution is 2.14. The second-order valence-corrected chi connectivity index (χ2v) is 7.05. The Morgan fingerprint density at radius 2 is 2.00 bits per heavy atom. The summed E-state index contributed by atoms with van der Waals surface area (Å²) in [6.07, 6.45) is 5.30.